The molecule has 2 aliphatic rings. The topological polar surface area (TPSA) is 30.1 Å². The maximum atomic E-state index is 6.01. The van der Waals surface area contributed by atoms with E-state index in [1.807, 2.05) is 17.9 Å². The van der Waals surface area contributed by atoms with Crippen molar-refractivity contribution < 1.29 is 4.74 Å². The molecule has 0 N–H and O–H groups in total. The lowest BCUT2D eigenvalue weighted by atomic mass is 9.92. The van der Waals surface area contributed by atoms with Gasteiger partial charge in [-0.2, -0.15) is 5.10 Å². The van der Waals surface area contributed by atoms with Crippen molar-refractivity contribution in [1.29, 1.82) is 0 Å². The number of hydrogen-bond donors (Lipinski definition) is 0. The molecule has 2 heterocycles. The van der Waals surface area contributed by atoms with E-state index in [0.717, 1.165) is 25.4 Å². The van der Waals surface area contributed by atoms with Crippen LogP contribution >= 0.6 is 0 Å². The highest BCUT2D eigenvalue weighted by molar-refractivity contribution is 5.37. The molecule has 4 heteroatoms. The first-order valence-electron chi connectivity index (χ1n) is 8.24. The second-order valence-corrected chi connectivity index (χ2v) is 6.55. The molecule has 2 atom stereocenters. The molecule has 0 radical (unpaired) electrons. The summed E-state index contributed by atoms with van der Waals surface area (Å²) in [7, 11) is 1.96. The average Bonchev–Trinajstić information content (AvgIpc) is 3.15. The monoisotopic (exact) mass is 297 g/mol. The number of rotatable bonds is 5. The van der Waals surface area contributed by atoms with Gasteiger partial charge in [0.1, 0.15) is 12.4 Å². The van der Waals surface area contributed by atoms with Crippen LogP contribution in [0.4, 0.5) is 0 Å². The molecule has 1 saturated heterocycles. The lowest BCUT2D eigenvalue weighted by Gasteiger charge is -2.16. The molecule has 0 spiro atoms. The fourth-order valence-electron chi connectivity index (χ4n) is 3.36. The van der Waals surface area contributed by atoms with Gasteiger partial charge in [-0.25, -0.2) is 0 Å². The molecule has 1 aromatic heterocycles. The minimum absolute atomic E-state index is 0.552. The summed E-state index contributed by atoms with van der Waals surface area (Å²) < 4.78 is 7.87. The molecule has 116 valence electrons. The predicted octanol–water partition coefficient (Wildman–Crippen LogP) is 2.56. The maximum absolute atomic E-state index is 6.01. The third-order valence-corrected chi connectivity index (χ3v) is 4.73. The standard InChI is InChI=1S/C18H23N3O/c1-20-10-14(9-19-20)11-21-12-17(21)13-22-18-7-6-15-4-2-3-5-16(15)8-18/h6-10,17H,2-5,11-13H2,1H3. The van der Waals surface area contributed by atoms with Gasteiger partial charge in [-0.15, -0.1) is 0 Å². The lowest BCUT2D eigenvalue weighted by Crippen LogP contribution is -2.11. The van der Waals surface area contributed by atoms with Crippen LogP contribution in [0.1, 0.15) is 29.5 Å². The second kappa shape index (κ2) is 5.76. The summed E-state index contributed by atoms with van der Waals surface area (Å²) >= 11 is 0. The van der Waals surface area contributed by atoms with Crippen LogP contribution in [0.3, 0.4) is 0 Å². The summed E-state index contributed by atoms with van der Waals surface area (Å²) in [6, 6.07) is 7.20. The molecular weight excluding hydrogens is 274 g/mol. The Balaban J connectivity index is 1.29. The van der Waals surface area contributed by atoms with Crippen molar-refractivity contribution in [2.45, 2.75) is 38.3 Å². The molecule has 2 unspecified atom stereocenters. The van der Waals surface area contributed by atoms with Gasteiger partial charge in [-0.1, -0.05) is 6.07 Å². The highest BCUT2D eigenvalue weighted by atomic mass is 16.5. The Morgan fingerprint density at radius 2 is 2.09 bits per heavy atom. The molecule has 0 saturated carbocycles. The normalized spacial score (nSPS) is 23.1. The summed E-state index contributed by atoms with van der Waals surface area (Å²) in [5, 5.41) is 4.22. The van der Waals surface area contributed by atoms with E-state index in [9.17, 15) is 0 Å². The van der Waals surface area contributed by atoms with Crippen molar-refractivity contribution in [2.24, 2.45) is 7.05 Å². The van der Waals surface area contributed by atoms with Gasteiger partial charge in [0.15, 0.2) is 0 Å². The van der Waals surface area contributed by atoms with E-state index in [1.54, 1.807) is 0 Å². The van der Waals surface area contributed by atoms with Crippen LogP contribution in [0.25, 0.3) is 0 Å². The molecule has 1 aliphatic carbocycles. The Morgan fingerprint density at radius 1 is 1.23 bits per heavy atom. The first-order valence-corrected chi connectivity index (χ1v) is 8.24. The van der Waals surface area contributed by atoms with E-state index < -0.39 is 0 Å². The molecule has 4 rings (SSSR count). The summed E-state index contributed by atoms with van der Waals surface area (Å²) in [6.07, 6.45) is 9.12. The Labute approximate surface area is 131 Å². The van der Waals surface area contributed by atoms with Crippen LogP contribution in [0.2, 0.25) is 0 Å². The number of benzene rings is 1. The molecule has 1 aliphatic heterocycles. The number of hydrogen-bond acceptors (Lipinski definition) is 3. The number of fused-ring (bicyclic) bond motifs is 1. The number of nitrogens with zero attached hydrogens (tertiary/aromatic N) is 3. The smallest absolute Gasteiger partial charge is 0.119 e. The minimum atomic E-state index is 0.552. The molecule has 1 aromatic carbocycles. The van der Waals surface area contributed by atoms with Gasteiger partial charge in [0.05, 0.1) is 12.2 Å². The van der Waals surface area contributed by atoms with Gasteiger partial charge in [-0.3, -0.25) is 9.58 Å². The quantitative estimate of drug-likeness (QED) is 0.795. The van der Waals surface area contributed by atoms with Crippen LogP contribution in [-0.4, -0.2) is 33.9 Å². The summed E-state index contributed by atoms with van der Waals surface area (Å²) in [4.78, 5) is 2.43. The maximum Gasteiger partial charge on any atom is 0.119 e. The van der Waals surface area contributed by atoms with E-state index in [0.29, 0.717) is 6.04 Å². The Bertz CT molecular complexity index is 664. The van der Waals surface area contributed by atoms with Gasteiger partial charge >= 0.3 is 0 Å². The van der Waals surface area contributed by atoms with Gasteiger partial charge in [0.25, 0.3) is 0 Å². The lowest BCUT2D eigenvalue weighted by molar-refractivity contribution is 0.292. The Hall–Kier alpha value is -1.81. The van der Waals surface area contributed by atoms with E-state index in [-0.39, 0.29) is 0 Å². The molecule has 0 bridgehead atoms. The van der Waals surface area contributed by atoms with E-state index >= 15 is 0 Å². The van der Waals surface area contributed by atoms with Gasteiger partial charge in [0, 0.05) is 31.9 Å². The molecule has 2 aromatic rings. The zero-order valence-electron chi connectivity index (χ0n) is 13.2. The first-order chi connectivity index (χ1) is 10.8. The van der Waals surface area contributed by atoms with E-state index in [2.05, 4.69) is 34.4 Å². The summed E-state index contributed by atoms with van der Waals surface area (Å²) in [5.41, 5.74) is 4.29. The second-order valence-electron chi connectivity index (χ2n) is 6.55. The minimum Gasteiger partial charge on any atom is -0.492 e. The molecular formula is C18H23N3O. The van der Waals surface area contributed by atoms with Gasteiger partial charge in [0.2, 0.25) is 0 Å². The van der Waals surface area contributed by atoms with Crippen molar-refractivity contribution in [3.63, 3.8) is 0 Å². The van der Waals surface area contributed by atoms with E-state index in [4.69, 9.17) is 4.74 Å². The summed E-state index contributed by atoms with van der Waals surface area (Å²) in [5.74, 6) is 1.04. The highest BCUT2D eigenvalue weighted by Gasteiger charge is 2.34. The Kier molecular flexibility index (Phi) is 3.62. The predicted molar refractivity (Wildman–Crippen MR) is 86.0 cm³/mol. The van der Waals surface area contributed by atoms with Crippen molar-refractivity contribution >= 4 is 0 Å². The highest BCUT2D eigenvalue weighted by Crippen LogP contribution is 2.27. The average molecular weight is 297 g/mol. The van der Waals surface area contributed by atoms with Crippen LogP contribution in [0, 0.1) is 0 Å². The van der Waals surface area contributed by atoms with E-state index in [1.165, 1.54) is 42.4 Å². The summed E-state index contributed by atoms with van der Waals surface area (Å²) in [6.45, 7) is 2.89. The van der Waals surface area contributed by atoms with Crippen LogP contribution in [0.15, 0.2) is 30.6 Å². The number of aromatic nitrogens is 2. The molecule has 1 fully saturated rings. The third kappa shape index (κ3) is 3.02. The van der Waals surface area contributed by atoms with Crippen LogP contribution < -0.4 is 4.74 Å². The largest absolute Gasteiger partial charge is 0.492 e. The Morgan fingerprint density at radius 3 is 2.91 bits per heavy atom. The fourth-order valence-corrected chi connectivity index (χ4v) is 3.36. The zero-order chi connectivity index (χ0) is 14.9. The SMILES string of the molecule is Cn1cc(CN2CC2COc2ccc3c(c2)CCCC3)cn1. The van der Waals surface area contributed by atoms with Crippen molar-refractivity contribution in [3.8, 4) is 5.75 Å². The fraction of sp³-hybridized carbons (Fsp3) is 0.500. The van der Waals surface area contributed by atoms with Crippen molar-refractivity contribution in [3.05, 3.63) is 47.3 Å². The molecule has 22 heavy (non-hydrogen) atoms. The molecule has 0 amide bonds. The number of ether oxygens (including phenoxy) is 1. The van der Waals surface area contributed by atoms with Gasteiger partial charge in [-0.05, 0) is 48.9 Å². The third-order valence-electron chi connectivity index (χ3n) is 4.73. The van der Waals surface area contributed by atoms with Crippen molar-refractivity contribution in [2.75, 3.05) is 13.2 Å². The number of aryl methyl sites for hydroxylation is 3. The van der Waals surface area contributed by atoms with Crippen LogP contribution in [0.5, 0.6) is 5.75 Å². The molecule has 4 nitrogen and oxygen atoms in total. The van der Waals surface area contributed by atoms with Crippen molar-refractivity contribution in [1.82, 2.24) is 14.7 Å². The zero-order valence-corrected chi connectivity index (χ0v) is 13.2. The van der Waals surface area contributed by atoms with Gasteiger partial charge < -0.3 is 4.74 Å². The first kappa shape index (κ1) is 13.8. The van der Waals surface area contributed by atoms with Crippen LogP contribution in [-0.2, 0) is 26.4 Å².